The van der Waals surface area contributed by atoms with Crippen molar-refractivity contribution in [3.63, 3.8) is 0 Å². The minimum Gasteiger partial charge on any atom is -0.356 e. The van der Waals surface area contributed by atoms with Gasteiger partial charge in [-0.05, 0) is 36.4 Å². The first-order valence-electron chi connectivity index (χ1n) is 10.6. The van der Waals surface area contributed by atoms with E-state index in [1.165, 1.54) is 28.8 Å². The molecule has 15 nitrogen and oxygen atoms in total. The first-order chi connectivity index (χ1) is 18.6. The maximum atomic E-state index is 9.43. The number of hydrogen-bond donors (Lipinski definition) is 2. The van der Waals surface area contributed by atoms with Crippen LogP contribution in [-0.4, -0.2) is 52.2 Å². The molecule has 5 rings (SSSR count). The van der Waals surface area contributed by atoms with Gasteiger partial charge in [0.25, 0.3) is 0 Å². The van der Waals surface area contributed by atoms with Crippen LogP contribution in [0.2, 0.25) is 0 Å². The minimum atomic E-state index is -1.75. The number of amides is 1. The van der Waals surface area contributed by atoms with Crippen LogP contribution >= 0.6 is 23.9 Å². The molecule has 1 radical (unpaired) electrons. The first kappa shape index (κ1) is 33.6. The summed E-state index contributed by atoms with van der Waals surface area (Å²) in [5.41, 5.74) is 3.68. The number of benzene rings is 2. The average molecular weight is 636 g/mol. The summed E-state index contributed by atoms with van der Waals surface area (Å²) in [7, 11) is 3.38. The van der Waals surface area contributed by atoms with Crippen LogP contribution in [0, 0.1) is 30.6 Å². The maximum Gasteiger partial charge on any atom is 2.00 e. The van der Waals surface area contributed by atoms with Crippen LogP contribution in [0.1, 0.15) is 11.4 Å². The van der Waals surface area contributed by atoms with Crippen molar-refractivity contribution in [2.45, 2.75) is 9.79 Å². The third-order valence-corrected chi connectivity index (χ3v) is 5.85. The molecule has 0 aliphatic carbocycles. The van der Waals surface area contributed by atoms with Crippen molar-refractivity contribution in [3.05, 3.63) is 109 Å². The van der Waals surface area contributed by atoms with Gasteiger partial charge in [0.2, 0.25) is 6.41 Å². The van der Waals surface area contributed by atoms with E-state index < -0.39 is 10.2 Å². The molecule has 213 valence electrons. The number of fused-ring (bicyclic) bond motifs is 2. The van der Waals surface area contributed by atoms with Gasteiger partial charge in [-0.3, -0.25) is 4.79 Å². The molecule has 3 heterocycles. The summed E-state index contributed by atoms with van der Waals surface area (Å²) in [6, 6.07) is 22.1. The number of amidine groups is 2. The van der Waals surface area contributed by atoms with Crippen molar-refractivity contribution >= 4 is 53.4 Å². The normalized spacial score (nSPS) is 11.8. The van der Waals surface area contributed by atoms with Gasteiger partial charge < -0.3 is 46.2 Å². The molecule has 0 saturated carbocycles. The van der Waals surface area contributed by atoms with E-state index in [0.717, 1.165) is 50.6 Å². The van der Waals surface area contributed by atoms with Gasteiger partial charge in [-0.2, -0.15) is 8.80 Å². The molecule has 0 atom stereocenters. The standard InChI is InChI=1S/C19H13N5S2.C3H7NO.Cu.2NO3/c1-3-10-16-12(6-1)21-18(23-25-16)14-8-5-9-15(20-14)19-22-13-7-2-4-11-17(13)26-24-19;1-4(2)3-5;;2*2-1(3)4/h1-11H,(H,21,23)(H,22,24);3H,1-2H3;;;/q;;+2;2*-1. The van der Waals surface area contributed by atoms with Crippen LogP contribution in [0.3, 0.4) is 0 Å². The number of pyridine rings is 1. The number of hydrogen-bond acceptors (Lipinski definition) is 14. The Morgan fingerprint density at radius 2 is 1.07 bits per heavy atom. The van der Waals surface area contributed by atoms with Gasteiger partial charge in [-0.1, -0.05) is 30.3 Å². The van der Waals surface area contributed by atoms with Crippen molar-refractivity contribution in [3.8, 4) is 0 Å². The Kier molecular flexibility index (Phi) is 14.5. The predicted molar refractivity (Wildman–Crippen MR) is 150 cm³/mol. The molecule has 40 heavy (non-hydrogen) atoms. The average Bonchev–Trinajstić information content (AvgIpc) is 2.92. The molecule has 1 aromatic heterocycles. The fourth-order valence-corrected chi connectivity index (χ4v) is 4.08. The maximum absolute atomic E-state index is 9.43. The van der Waals surface area contributed by atoms with Gasteiger partial charge in [0.15, 0.2) is 11.7 Å². The van der Waals surface area contributed by atoms with E-state index in [1.54, 1.807) is 14.1 Å². The Morgan fingerprint density at radius 3 is 1.43 bits per heavy atom. The van der Waals surface area contributed by atoms with Crippen molar-refractivity contribution in [2.24, 2.45) is 8.80 Å². The van der Waals surface area contributed by atoms with Crippen molar-refractivity contribution in [1.82, 2.24) is 9.88 Å². The molecular weight excluding hydrogens is 616 g/mol. The minimum absolute atomic E-state index is 0. The molecule has 0 fully saturated rings. The summed E-state index contributed by atoms with van der Waals surface area (Å²) in [4.78, 5) is 34.3. The number of rotatable bonds is 3. The SMILES string of the molecule is CN(C)C=O.O=[N+]([O-])[O-].O=[N+]([O-])[O-].[Cu+2].c1cc(C2=NSc3ccccc3N2)nc(C2=NSc3ccccc3N2)c1. The number of nitrogens with zero attached hydrogens (tertiary/aromatic N) is 6. The Labute approximate surface area is 246 Å². The second-order valence-corrected chi connectivity index (χ2v) is 8.84. The van der Waals surface area contributed by atoms with E-state index >= 15 is 0 Å². The molecular formula is C22H20CuN8O7S2. The zero-order chi connectivity index (χ0) is 28.8. The molecule has 2 N–H and O–H groups in total. The number of carbonyl (C=O) groups is 1. The molecule has 2 aromatic carbocycles. The number of anilines is 2. The second-order valence-electron chi connectivity index (χ2n) is 7.23. The van der Waals surface area contributed by atoms with E-state index in [1.807, 2.05) is 66.7 Å². The van der Waals surface area contributed by atoms with E-state index in [4.69, 9.17) is 35.6 Å². The van der Waals surface area contributed by atoms with E-state index in [2.05, 4.69) is 19.4 Å². The van der Waals surface area contributed by atoms with Crippen molar-refractivity contribution in [2.75, 3.05) is 24.7 Å². The van der Waals surface area contributed by atoms with Crippen molar-refractivity contribution in [1.29, 1.82) is 0 Å². The quantitative estimate of drug-likeness (QED) is 0.137. The molecule has 2 aliphatic rings. The topological polar surface area (TPSA) is 214 Å². The van der Waals surface area contributed by atoms with Gasteiger partial charge >= 0.3 is 17.1 Å². The monoisotopic (exact) mass is 635 g/mol. The number of aromatic nitrogens is 1. The Bertz CT molecular complexity index is 1280. The first-order valence-corrected chi connectivity index (χ1v) is 12.1. The molecule has 0 bridgehead atoms. The van der Waals surface area contributed by atoms with Gasteiger partial charge in [0.1, 0.15) is 11.4 Å². The molecule has 0 unspecified atom stereocenters. The predicted octanol–water partition coefficient (Wildman–Crippen LogP) is 4.06. The summed E-state index contributed by atoms with van der Waals surface area (Å²) < 4.78 is 9.11. The Balaban J connectivity index is 0.000000485. The second kappa shape index (κ2) is 17.3. The Hall–Kier alpha value is -4.38. The zero-order valence-electron chi connectivity index (χ0n) is 20.6. The smallest absolute Gasteiger partial charge is 0.356 e. The van der Waals surface area contributed by atoms with Crippen molar-refractivity contribution < 1.29 is 32.0 Å². The van der Waals surface area contributed by atoms with Crippen LogP contribution in [-0.2, 0) is 21.9 Å². The zero-order valence-corrected chi connectivity index (χ0v) is 23.2. The summed E-state index contributed by atoms with van der Waals surface area (Å²) >= 11 is 2.92. The Morgan fingerprint density at radius 1 is 0.725 bits per heavy atom. The van der Waals surface area contributed by atoms with E-state index in [0.29, 0.717) is 0 Å². The third-order valence-electron chi connectivity index (χ3n) is 4.20. The number of para-hydroxylation sites is 2. The summed E-state index contributed by atoms with van der Waals surface area (Å²) in [5.74, 6) is 1.50. The third kappa shape index (κ3) is 11.6. The number of carbonyl (C=O) groups excluding carboxylic acids is 1. The van der Waals surface area contributed by atoms with Gasteiger partial charge in [-0.15, -0.1) is 0 Å². The van der Waals surface area contributed by atoms with Gasteiger partial charge in [0.05, 0.1) is 31.3 Å². The molecule has 2 aliphatic heterocycles. The van der Waals surface area contributed by atoms with Crippen LogP contribution in [0.25, 0.3) is 0 Å². The summed E-state index contributed by atoms with van der Waals surface area (Å²) in [5, 5.41) is 36.2. The number of nitrogens with one attached hydrogen (secondary N) is 2. The van der Waals surface area contributed by atoms with Crippen LogP contribution < -0.4 is 10.6 Å². The fourth-order valence-electron chi connectivity index (χ4n) is 2.71. The molecule has 18 heteroatoms. The van der Waals surface area contributed by atoms with Gasteiger partial charge in [0, 0.05) is 38.0 Å². The molecule has 0 saturated heterocycles. The largest absolute Gasteiger partial charge is 2.00 e. The summed E-state index contributed by atoms with van der Waals surface area (Å²) in [6.45, 7) is 0. The van der Waals surface area contributed by atoms with Crippen LogP contribution in [0.15, 0.2) is 85.3 Å². The van der Waals surface area contributed by atoms with Crippen LogP contribution in [0.5, 0.6) is 0 Å². The van der Waals surface area contributed by atoms with E-state index in [-0.39, 0.29) is 17.1 Å². The fraction of sp³-hybridized carbons (Fsp3) is 0.0909. The van der Waals surface area contributed by atoms with E-state index in [9.17, 15) is 4.79 Å². The molecule has 0 spiro atoms. The van der Waals surface area contributed by atoms with Gasteiger partial charge in [-0.25, -0.2) is 4.98 Å². The summed E-state index contributed by atoms with van der Waals surface area (Å²) in [6.07, 6.45) is 0.750. The van der Waals surface area contributed by atoms with Crippen LogP contribution in [0.4, 0.5) is 11.4 Å². The molecule has 3 aromatic rings. The molecule has 1 amide bonds.